The Bertz CT molecular complexity index is 638. The Balaban J connectivity index is 1.80. The summed E-state index contributed by atoms with van der Waals surface area (Å²) in [7, 11) is 1.96. The molecule has 0 spiro atoms. The van der Waals surface area contributed by atoms with Gasteiger partial charge in [0.25, 0.3) is 0 Å². The van der Waals surface area contributed by atoms with Gasteiger partial charge in [-0.3, -0.25) is 0 Å². The highest BCUT2D eigenvalue weighted by Crippen LogP contribution is 2.25. The Labute approximate surface area is 124 Å². The van der Waals surface area contributed by atoms with Gasteiger partial charge in [0.1, 0.15) is 5.82 Å². The van der Waals surface area contributed by atoms with Crippen molar-refractivity contribution in [3.63, 3.8) is 0 Å². The second-order valence-corrected chi connectivity index (χ2v) is 5.81. The smallest absolute Gasteiger partial charge is 0.129 e. The molecule has 0 amide bonds. The number of aromatic nitrogens is 1. The van der Waals surface area contributed by atoms with Crippen LogP contribution in [0.2, 0.25) is 0 Å². The SMILES string of the molecule is CN(CC1(O)CCOCC1)c1ccc2cc(N)ccc2n1. The third kappa shape index (κ3) is 3.09. The van der Waals surface area contributed by atoms with Gasteiger partial charge in [-0.05, 0) is 30.3 Å². The van der Waals surface area contributed by atoms with E-state index in [1.54, 1.807) is 0 Å². The Hall–Kier alpha value is -1.85. The number of rotatable bonds is 3. The van der Waals surface area contributed by atoms with Crippen LogP contribution >= 0.6 is 0 Å². The molecule has 1 saturated heterocycles. The molecule has 1 aromatic carbocycles. The summed E-state index contributed by atoms with van der Waals surface area (Å²) in [4.78, 5) is 6.64. The van der Waals surface area contributed by atoms with E-state index in [2.05, 4.69) is 4.98 Å². The van der Waals surface area contributed by atoms with Crippen LogP contribution in [-0.4, -0.2) is 42.5 Å². The van der Waals surface area contributed by atoms with Crippen molar-refractivity contribution in [1.82, 2.24) is 4.98 Å². The van der Waals surface area contributed by atoms with Crippen molar-refractivity contribution in [2.75, 3.05) is 37.4 Å². The van der Waals surface area contributed by atoms with Gasteiger partial charge < -0.3 is 20.5 Å². The summed E-state index contributed by atoms with van der Waals surface area (Å²) in [5.41, 5.74) is 6.74. The third-order valence-corrected chi connectivity index (χ3v) is 4.04. The lowest BCUT2D eigenvalue weighted by atomic mass is 9.94. The van der Waals surface area contributed by atoms with Gasteiger partial charge >= 0.3 is 0 Å². The molecule has 112 valence electrons. The van der Waals surface area contributed by atoms with Crippen LogP contribution in [0.5, 0.6) is 0 Å². The lowest BCUT2D eigenvalue weighted by Gasteiger charge is -2.35. The first-order valence-electron chi connectivity index (χ1n) is 7.23. The van der Waals surface area contributed by atoms with E-state index >= 15 is 0 Å². The summed E-state index contributed by atoms with van der Waals surface area (Å²) < 4.78 is 5.32. The topological polar surface area (TPSA) is 71.6 Å². The molecule has 0 bridgehead atoms. The van der Waals surface area contributed by atoms with Gasteiger partial charge in [-0.1, -0.05) is 0 Å². The van der Waals surface area contributed by atoms with Crippen LogP contribution in [-0.2, 0) is 4.74 Å². The highest BCUT2D eigenvalue weighted by atomic mass is 16.5. The quantitative estimate of drug-likeness (QED) is 0.842. The second-order valence-electron chi connectivity index (χ2n) is 5.81. The average molecular weight is 287 g/mol. The molecular formula is C16H21N3O2. The van der Waals surface area contributed by atoms with E-state index < -0.39 is 5.60 Å². The number of nitrogen functional groups attached to an aromatic ring is 1. The molecule has 5 nitrogen and oxygen atoms in total. The monoisotopic (exact) mass is 287 g/mol. The van der Waals surface area contributed by atoms with E-state index in [0.29, 0.717) is 32.6 Å². The standard InChI is InChI=1S/C16H21N3O2/c1-19(11-16(20)6-8-21-9-7-16)15-5-2-12-10-13(17)3-4-14(12)18-15/h2-5,10,20H,6-9,11,17H2,1H3. The first-order chi connectivity index (χ1) is 10.1. The van der Waals surface area contributed by atoms with Gasteiger partial charge in [-0.15, -0.1) is 0 Å². The molecular weight excluding hydrogens is 266 g/mol. The van der Waals surface area contributed by atoms with Crippen molar-refractivity contribution in [2.24, 2.45) is 0 Å². The Morgan fingerprint density at radius 2 is 2.05 bits per heavy atom. The predicted molar refractivity (Wildman–Crippen MR) is 84.4 cm³/mol. The Kier molecular flexibility index (Phi) is 3.69. The van der Waals surface area contributed by atoms with E-state index in [4.69, 9.17) is 10.5 Å². The van der Waals surface area contributed by atoms with Crippen LogP contribution in [0, 0.1) is 0 Å². The number of benzene rings is 1. The van der Waals surface area contributed by atoms with Gasteiger partial charge in [-0.25, -0.2) is 4.98 Å². The number of fused-ring (bicyclic) bond motifs is 1. The van der Waals surface area contributed by atoms with Crippen molar-refractivity contribution in [2.45, 2.75) is 18.4 Å². The number of hydrogen-bond acceptors (Lipinski definition) is 5. The lowest BCUT2D eigenvalue weighted by molar-refractivity contribution is -0.0573. The number of ether oxygens (including phenoxy) is 1. The molecule has 5 heteroatoms. The van der Waals surface area contributed by atoms with Gasteiger partial charge in [0, 0.05) is 50.7 Å². The summed E-state index contributed by atoms with van der Waals surface area (Å²) in [6.07, 6.45) is 1.34. The van der Waals surface area contributed by atoms with E-state index in [1.165, 1.54) is 0 Å². The minimum Gasteiger partial charge on any atom is -0.399 e. The van der Waals surface area contributed by atoms with Crippen molar-refractivity contribution in [3.05, 3.63) is 30.3 Å². The molecule has 3 N–H and O–H groups in total. The molecule has 3 rings (SSSR count). The fraction of sp³-hybridized carbons (Fsp3) is 0.438. The number of nitrogens with zero attached hydrogens (tertiary/aromatic N) is 2. The summed E-state index contributed by atoms with van der Waals surface area (Å²) in [6.45, 7) is 1.80. The molecule has 1 fully saturated rings. The summed E-state index contributed by atoms with van der Waals surface area (Å²) >= 11 is 0. The average Bonchev–Trinajstić information content (AvgIpc) is 2.47. The molecule has 2 heterocycles. The maximum atomic E-state index is 10.6. The minimum atomic E-state index is -0.690. The summed E-state index contributed by atoms with van der Waals surface area (Å²) in [6, 6.07) is 9.66. The van der Waals surface area contributed by atoms with Gasteiger partial charge in [0.05, 0.1) is 11.1 Å². The second kappa shape index (κ2) is 5.50. The lowest BCUT2D eigenvalue weighted by Crippen LogP contribution is -2.46. The molecule has 0 atom stereocenters. The minimum absolute atomic E-state index is 0.559. The van der Waals surface area contributed by atoms with Crippen LogP contribution < -0.4 is 10.6 Å². The largest absolute Gasteiger partial charge is 0.399 e. The predicted octanol–water partition coefficient (Wildman–Crippen LogP) is 1.79. The fourth-order valence-corrected chi connectivity index (χ4v) is 2.78. The van der Waals surface area contributed by atoms with E-state index in [1.807, 2.05) is 42.3 Å². The van der Waals surface area contributed by atoms with Crippen LogP contribution in [0.3, 0.4) is 0 Å². The van der Waals surface area contributed by atoms with Crippen LogP contribution in [0.4, 0.5) is 11.5 Å². The van der Waals surface area contributed by atoms with Gasteiger partial charge in [0.15, 0.2) is 0 Å². The summed E-state index contributed by atoms with van der Waals surface area (Å²) in [5, 5.41) is 11.6. The molecule has 2 aromatic rings. The van der Waals surface area contributed by atoms with Crippen LogP contribution in [0.1, 0.15) is 12.8 Å². The van der Waals surface area contributed by atoms with Crippen molar-refractivity contribution >= 4 is 22.4 Å². The zero-order valence-corrected chi connectivity index (χ0v) is 12.2. The molecule has 1 aliphatic rings. The molecule has 0 saturated carbocycles. The van der Waals surface area contributed by atoms with Gasteiger partial charge in [-0.2, -0.15) is 0 Å². The Morgan fingerprint density at radius 3 is 2.81 bits per heavy atom. The van der Waals surface area contributed by atoms with E-state index in [9.17, 15) is 5.11 Å². The fourth-order valence-electron chi connectivity index (χ4n) is 2.78. The number of hydrogen-bond donors (Lipinski definition) is 2. The normalized spacial score (nSPS) is 17.8. The zero-order valence-electron chi connectivity index (χ0n) is 12.2. The maximum absolute atomic E-state index is 10.6. The van der Waals surface area contributed by atoms with Crippen molar-refractivity contribution in [3.8, 4) is 0 Å². The first kappa shape index (κ1) is 14.1. The van der Waals surface area contributed by atoms with E-state index in [0.717, 1.165) is 22.4 Å². The van der Waals surface area contributed by atoms with Crippen molar-refractivity contribution < 1.29 is 9.84 Å². The molecule has 21 heavy (non-hydrogen) atoms. The van der Waals surface area contributed by atoms with Crippen LogP contribution in [0.15, 0.2) is 30.3 Å². The third-order valence-electron chi connectivity index (χ3n) is 4.04. The Morgan fingerprint density at radius 1 is 1.29 bits per heavy atom. The number of likely N-dealkylation sites (N-methyl/N-ethyl adjacent to an activating group) is 1. The zero-order chi connectivity index (χ0) is 14.9. The molecule has 0 unspecified atom stereocenters. The highest BCUT2D eigenvalue weighted by molar-refractivity contribution is 5.83. The first-order valence-corrected chi connectivity index (χ1v) is 7.23. The number of anilines is 2. The highest BCUT2D eigenvalue weighted by Gasteiger charge is 2.31. The van der Waals surface area contributed by atoms with Crippen LogP contribution in [0.25, 0.3) is 10.9 Å². The molecule has 1 aromatic heterocycles. The summed E-state index contributed by atoms with van der Waals surface area (Å²) in [5.74, 6) is 0.854. The number of aliphatic hydroxyl groups is 1. The van der Waals surface area contributed by atoms with Gasteiger partial charge in [0.2, 0.25) is 0 Å². The van der Waals surface area contributed by atoms with E-state index in [-0.39, 0.29) is 0 Å². The number of nitrogens with two attached hydrogens (primary N) is 1. The molecule has 1 aliphatic heterocycles. The number of pyridine rings is 1. The van der Waals surface area contributed by atoms with Crippen molar-refractivity contribution in [1.29, 1.82) is 0 Å². The maximum Gasteiger partial charge on any atom is 0.129 e. The molecule has 0 radical (unpaired) electrons. The molecule has 0 aliphatic carbocycles.